The van der Waals surface area contributed by atoms with Crippen LogP contribution in [0.2, 0.25) is 0 Å². The third kappa shape index (κ3) is 8.89. The van der Waals surface area contributed by atoms with Crippen molar-refractivity contribution in [1.82, 2.24) is 4.98 Å². The molecular formula is C30H38ClN3OS. The zero-order valence-electron chi connectivity index (χ0n) is 21.8. The number of hydrogen-bond donors (Lipinski definition) is 2. The van der Waals surface area contributed by atoms with E-state index in [1.165, 1.54) is 0 Å². The molecule has 0 saturated carbocycles. The van der Waals surface area contributed by atoms with Gasteiger partial charge in [0.05, 0.1) is 16.8 Å². The summed E-state index contributed by atoms with van der Waals surface area (Å²) in [6, 6.07) is 17.2. The topological polar surface area (TPSA) is 45.2 Å². The van der Waals surface area contributed by atoms with Gasteiger partial charge in [-0.1, -0.05) is 70.4 Å². The molecule has 4 nitrogen and oxygen atoms in total. The molecule has 0 aliphatic carbocycles. The number of nitrogens with one attached hydrogen (secondary N) is 1. The molecule has 3 aromatic rings. The summed E-state index contributed by atoms with van der Waals surface area (Å²) in [4.78, 5) is 20.1. The lowest BCUT2D eigenvalue weighted by Gasteiger charge is -2.23. The molecule has 3 rings (SSSR count). The number of halogens is 1. The van der Waals surface area contributed by atoms with E-state index in [4.69, 9.17) is 11.6 Å². The Kier molecular flexibility index (Phi) is 15.0. The van der Waals surface area contributed by atoms with Crippen LogP contribution in [0, 0.1) is 0 Å². The number of aromatic nitrogens is 1. The number of thiol groups is 1. The van der Waals surface area contributed by atoms with Crippen LogP contribution >= 0.6 is 24.2 Å². The first kappa shape index (κ1) is 31.0. The van der Waals surface area contributed by atoms with Gasteiger partial charge in [0.1, 0.15) is 0 Å². The van der Waals surface area contributed by atoms with E-state index in [0.717, 1.165) is 41.8 Å². The van der Waals surface area contributed by atoms with Crippen LogP contribution in [0.3, 0.4) is 0 Å². The Hall–Kier alpha value is -3.02. The number of para-hydroxylation sites is 1. The van der Waals surface area contributed by atoms with Crippen molar-refractivity contribution in [2.75, 3.05) is 35.4 Å². The second-order valence-corrected chi connectivity index (χ2v) is 7.75. The van der Waals surface area contributed by atoms with Gasteiger partial charge in [-0.05, 0) is 54.6 Å². The molecule has 0 atom stereocenters. The second kappa shape index (κ2) is 17.4. The summed E-state index contributed by atoms with van der Waals surface area (Å²) in [5.74, 6) is 0.382. The van der Waals surface area contributed by atoms with Crippen molar-refractivity contribution < 1.29 is 4.79 Å². The second-order valence-electron chi connectivity index (χ2n) is 7.37. The Labute approximate surface area is 227 Å². The molecule has 0 radical (unpaired) electrons. The molecule has 0 saturated heterocycles. The largest absolute Gasteiger partial charge is 0.370 e. The van der Waals surface area contributed by atoms with Gasteiger partial charge in [0, 0.05) is 35.7 Å². The third-order valence-corrected chi connectivity index (χ3v) is 5.23. The normalized spacial score (nSPS) is 10.1. The zero-order valence-corrected chi connectivity index (χ0v) is 23.4. The number of allylic oxidation sites excluding steroid dienone is 4. The maximum absolute atomic E-state index is 13.2. The first-order chi connectivity index (χ1) is 17.6. The average Bonchev–Trinajstić information content (AvgIpc) is 2.93. The van der Waals surface area contributed by atoms with Crippen molar-refractivity contribution in [3.63, 3.8) is 0 Å². The van der Waals surface area contributed by atoms with Crippen molar-refractivity contribution in [3.8, 4) is 0 Å². The van der Waals surface area contributed by atoms with Gasteiger partial charge >= 0.3 is 0 Å². The van der Waals surface area contributed by atoms with Crippen molar-refractivity contribution >= 4 is 58.0 Å². The van der Waals surface area contributed by atoms with Gasteiger partial charge in [-0.2, -0.15) is 12.6 Å². The summed E-state index contributed by atoms with van der Waals surface area (Å²) in [5, 5.41) is 3.81. The highest BCUT2D eigenvalue weighted by molar-refractivity contribution is 7.79. The highest BCUT2D eigenvalue weighted by atomic mass is 35.5. The van der Waals surface area contributed by atoms with Crippen LogP contribution in [-0.2, 0) is 0 Å². The lowest BCUT2D eigenvalue weighted by Crippen LogP contribution is -2.26. The first-order valence-electron chi connectivity index (χ1n) is 12.1. The van der Waals surface area contributed by atoms with Crippen LogP contribution in [0.4, 0.5) is 11.4 Å². The van der Waals surface area contributed by atoms with Crippen LogP contribution in [0.15, 0.2) is 86.0 Å². The summed E-state index contributed by atoms with van der Waals surface area (Å²) in [7, 11) is 0. The number of benzene rings is 2. The smallest absolute Gasteiger partial charge is 0.256 e. The van der Waals surface area contributed by atoms with Crippen LogP contribution in [0.25, 0.3) is 16.5 Å². The van der Waals surface area contributed by atoms with Crippen LogP contribution in [0.5, 0.6) is 0 Å². The summed E-state index contributed by atoms with van der Waals surface area (Å²) in [5.41, 5.74) is 4.48. The number of rotatable bonds is 10. The fourth-order valence-corrected chi connectivity index (χ4v) is 3.70. The Morgan fingerprint density at radius 1 is 1.11 bits per heavy atom. The standard InChI is InChI=1S/C27H28ClN3O.C2H6.CH4S/c1-4-6-9-20(3)26-19-24(23-10-7-8-11-25(23)30-26)27(32)29-21-12-14-22(15-13-21)31(17-5-2)18-16-28;2*1-2/h4,6-15,19H,1,3,5,16-18H2,2H3,(H,29,32);1-2H3;2H,1H3/b9-6-;;. The number of carbonyl (C=O) groups excluding carboxylic acids is 1. The Balaban J connectivity index is 0.00000154. The molecule has 0 spiro atoms. The van der Waals surface area contributed by atoms with E-state index >= 15 is 0 Å². The molecule has 0 bridgehead atoms. The minimum atomic E-state index is -0.190. The Morgan fingerprint density at radius 3 is 2.39 bits per heavy atom. The van der Waals surface area contributed by atoms with Gasteiger partial charge in [-0.15, -0.1) is 11.6 Å². The van der Waals surface area contributed by atoms with Crippen molar-refractivity contribution in [2.45, 2.75) is 27.2 Å². The van der Waals surface area contributed by atoms with Crippen LogP contribution in [0.1, 0.15) is 43.2 Å². The molecule has 0 unspecified atom stereocenters. The number of fused-ring (bicyclic) bond motifs is 1. The highest BCUT2D eigenvalue weighted by Gasteiger charge is 2.14. The number of hydrogen-bond acceptors (Lipinski definition) is 4. The molecule has 1 N–H and O–H groups in total. The summed E-state index contributed by atoms with van der Waals surface area (Å²) in [6.45, 7) is 15.6. The lowest BCUT2D eigenvalue weighted by atomic mass is 10.0. The van der Waals surface area contributed by atoms with Gasteiger partial charge in [0.15, 0.2) is 0 Å². The molecule has 2 aromatic carbocycles. The van der Waals surface area contributed by atoms with E-state index in [9.17, 15) is 4.79 Å². The molecule has 1 amide bonds. The molecule has 36 heavy (non-hydrogen) atoms. The SMILES string of the molecule is C=C/C=C\C(=C)c1cc(C(=O)Nc2ccc(N(CCC)CCCl)cc2)c2ccccc2n1.CC.CS. The van der Waals surface area contributed by atoms with Gasteiger partial charge < -0.3 is 10.2 Å². The third-order valence-electron chi connectivity index (χ3n) is 5.06. The van der Waals surface area contributed by atoms with Crippen molar-refractivity contribution in [3.05, 3.63) is 97.2 Å². The van der Waals surface area contributed by atoms with E-state index in [-0.39, 0.29) is 5.91 Å². The Bertz CT molecular complexity index is 1140. The van der Waals surface area contributed by atoms with Crippen LogP contribution in [-0.4, -0.2) is 36.1 Å². The Morgan fingerprint density at radius 2 is 1.78 bits per heavy atom. The van der Waals surface area contributed by atoms with E-state index < -0.39 is 0 Å². The van der Waals surface area contributed by atoms with Gasteiger partial charge in [0.25, 0.3) is 5.91 Å². The minimum absolute atomic E-state index is 0.190. The van der Waals surface area contributed by atoms with E-state index in [1.54, 1.807) is 24.5 Å². The average molecular weight is 524 g/mol. The quantitative estimate of drug-likeness (QED) is 0.160. The molecular weight excluding hydrogens is 486 g/mol. The fraction of sp³-hybridized carbons (Fsp3) is 0.267. The maximum Gasteiger partial charge on any atom is 0.256 e. The molecule has 192 valence electrons. The molecule has 6 heteroatoms. The molecule has 0 aliphatic heterocycles. The molecule has 1 heterocycles. The zero-order chi connectivity index (χ0) is 26.9. The van der Waals surface area contributed by atoms with Crippen LogP contribution < -0.4 is 10.2 Å². The summed E-state index contributed by atoms with van der Waals surface area (Å²) in [6.07, 6.45) is 8.04. The van der Waals surface area contributed by atoms with E-state index in [2.05, 4.69) is 47.9 Å². The molecule has 0 fully saturated rings. The van der Waals surface area contributed by atoms with E-state index in [1.807, 2.05) is 68.5 Å². The van der Waals surface area contributed by atoms with Gasteiger partial charge in [-0.3, -0.25) is 4.79 Å². The predicted molar refractivity (Wildman–Crippen MR) is 164 cm³/mol. The molecule has 1 aromatic heterocycles. The van der Waals surface area contributed by atoms with Crippen molar-refractivity contribution in [1.29, 1.82) is 0 Å². The number of pyridine rings is 1. The predicted octanol–water partition coefficient (Wildman–Crippen LogP) is 8.27. The fourth-order valence-electron chi connectivity index (χ4n) is 3.49. The molecule has 0 aliphatic rings. The number of anilines is 2. The maximum atomic E-state index is 13.2. The highest BCUT2D eigenvalue weighted by Crippen LogP contribution is 2.24. The monoisotopic (exact) mass is 523 g/mol. The first-order valence-corrected chi connectivity index (χ1v) is 13.6. The van der Waals surface area contributed by atoms with Crippen molar-refractivity contribution in [2.24, 2.45) is 0 Å². The minimum Gasteiger partial charge on any atom is -0.370 e. The van der Waals surface area contributed by atoms with E-state index in [0.29, 0.717) is 22.7 Å². The number of nitrogens with zero attached hydrogens (tertiary/aromatic N) is 2. The summed E-state index contributed by atoms with van der Waals surface area (Å²) < 4.78 is 0. The summed E-state index contributed by atoms with van der Waals surface area (Å²) >= 11 is 9.47. The van der Waals surface area contributed by atoms with Gasteiger partial charge in [-0.25, -0.2) is 4.98 Å². The number of amides is 1. The number of alkyl halides is 1. The van der Waals surface area contributed by atoms with Gasteiger partial charge in [0.2, 0.25) is 0 Å². The number of carbonyl (C=O) groups is 1. The lowest BCUT2D eigenvalue weighted by molar-refractivity contribution is 0.102.